The van der Waals surface area contributed by atoms with E-state index in [1.807, 2.05) is 24.3 Å². The fourth-order valence-electron chi connectivity index (χ4n) is 3.17. The van der Waals surface area contributed by atoms with E-state index < -0.39 is 17.2 Å². The molecule has 3 rings (SSSR count). The van der Waals surface area contributed by atoms with Gasteiger partial charge in [-0.25, -0.2) is 4.79 Å². The van der Waals surface area contributed by atoms with Crippen molar-refractivity contribution in [1.29, 1.82) is 5.26 Å². The Kier molecular flexibility index (Phi) is 3.64. The van der Waals surface area contributed by atoms with Gasteiger partial charge in [0.1, 0.15) is 6.26 Å². The first-order valence-electron chi connectivity index (χ1n) is 7.53. The summed E-state index contributed by atoms with van der Waals surface area (Å²) in [4.78, 5) is 24.9. The first-order valence-corrected chi connectivity index (χ1v) is 7.53. The molecule has 0 saturated carbocycles. The molecule has 0 radical (unpaired) electrons. The molecule has 1 aromatic carbocycles. The van der Waals surface area contributed by atoms with Gasteiger partial charge in [0.05, 0.1) is 29.3 Å². The molecule has 6 heteroatoms. The maximum absolute atomic E-state index is 12.8. The van der Waals surface area contributed by atoms with Crippen LogP contribution in [0.5, 0.6) is 5.88 Å². The van der Waals surface area contributed by atoms with Crippen LogP contribution in [-0.4, -0.2) is 22.9 Å². The molecule has 1 aliphatic heterocycles. The SMILES string of the molecule is CCOC(=O)C1(C#N)C(C(C)=O)=COc2c1c1ccccc1n2C. The maximum atomic E-state index is 12.8. The molecule has 0 aliphatic carbocycles. The minimum atomic E-state index is -1.84. The number of benzene rings is 1. The highest BCUT2D eigenvalue weighted by Gasteiger charge is 2.54. The molecule has 1 aromatic heterocycles. The number of nitrogens with zero attached hydrogens (tertiary/aromatic N) is 2. The van der Waals surface area contributed by atoms with Crippen LogP contribution in [0.15, 0.2) is 36.1 Å². The van der Waals surface area contributed by atoms with E-state index in [9.17, 15) is 14.9 Å². The van der Waals surface area contributed by atoms with Gasteiger partial charge in [0.2, 0.25) is 11.3 Å². The van der Waals surface area contributed by atoms with Crippen LogP contribution in [0.4, 0.5) is 0 Å². The molecule has 6 nitrogen and oxygen atoms in total. The van der Waals surface area contributed by atoms with Crippen LogP contribution in [0.2, 0.25) is 0 Å². The number of para-hydroxylation sites is 1. The summed E-state index contributed by atoms with van der Waals surface area (Å²) in [5, 5.41) is 10.6. The lowest BCUT2D eigenvalue weighted by molar-refractivity contribution is -0.147. The van der Waals surface area contributed by atoms with Crippen LogP contribution >= 0.6 is 0 Å². The Morgan fingerprint density at radius 1 is 1.38 bits per heavy atom. The predicted molar refractivity (Wildman–Crippen MR) is 86.2 cm³/mol. The van der Waals surface area contributed by atoms with E-state index in [0.717, 1.165) is 5.52 Å². The minimum absolute atomic E-state index is 0.0210. The number of aromatic nitrogens is 1. The number of carbonyl (C=O) groups excluding carboxylic acids is 2. The van der Waals surface area contributed by atoms with Crippen LogP contribution in [0.3, 0.4) is 0 Å². The zero-order valence-electron chi connectivity index (χ0n) is 13.6. The van der Waals surface area contributed by atoms with E-state index in [-0.39, 0.29) is 12.2 Å². The molecule has 122 valence electrons. The van der Waals surface area contributed by atoms with E-state index in [1.165, 1.54) is 13.2 Å². The number of ether oxygens (including phenoxy) is 2. The van der Waals surface area contributed by atoms with Crippen LogP contribution < -0.4 is 4.74 Å². The molecule has 0 amide bonds. The molecule has 1 unspecified atom stereocenters. The van der Waals surface area contributed by atoms with Crippen LogP contribution in [0.25, 0.3) is 10.9 Å². The number of hydrogen-bond acceptors (Lipinski definition) is 5. The number of hydrogen-bond donors (Lipinski definition) is 0. The first kappa shape index (κ1) is 15.8. The molecule has 0 N–H and O–H groups in total. The summed E-state index contributed by atoms with van der Waals surface area (Å²) in [5.74, 6) is -0.825. The van der Waals surface area contributed by atoms with Crippen molar-refractivity contribution in [3.8, 4) is 11.9 Å². The van der Waals surface area contributed by atoms with Crippen molar-refractivity contribution in [2.45, 2.75) is 19.3 Å². The number of carbonyl (C=O) groups is 2. The van der Waals surface area contributed by atoms with Crippen molar-refractivity contribution >= 4 is 22.7 Å². The second-order valence-electron chi connectivity index (χ2n) is 5.54. The number of Topliss-reactive ketones (excluding diaryl/α,β-unsaturated/α-hetero) is 1. The zero-order chi connectivity index (χ0) is 17.5. The lowest BCUT2D eigenvalue weighted by Gasteiger charge is -2.29. The number of esters is 1. The Balaban J connectivity index is 2.44. The molecule has 1 atom stereocenters. The standard InChI is InChI=1S/C18H16N2O4/c1-4-23-17(22)18(10-19)13(11(2)21)9-24-16-15(18)12-7-5-6-8-14(12)20(16)3/h5-9H,4H2,1-3H3. The smallest absolute Gasteiger partial charge is 0.336 e. The summed E-state index contributed by atoms with van der Waals surface area (Å²) >= 11 is 0. The highest BCUT2D eigenvalue weighted by molar-refractivity contribution is 6.10. The zero-order valence-corrected chi connectivity index (χ0v) is 13.6. The van der Waals surface area contributed by atoms with Crippen molar-refractivity contribution in [3.63, 3.8) is 0 Å². The Labute approximate surface area is 138 Å². The lowest BCUT2D eigenvalue weighted by atomic mass is 9.73. The molecular formula is C18H16N2O4. The van der Waals surface area contributed by atoms with Gasteiger partial charge in [0, 0.05) is 12.4 Å². The molecule has 1 aliphatic rings. The molecule has 0 bridgehead atoms. The third kappa shape index (κ3) is 1.88. The van der Waals surface area contributed by atoms with Gasteiger partial charge in [-0.15, -0.1) is 0 Å². The average molecular weight is 324 g/mol. The lowest BCUT2D eigenvalue weighted by Crippen LogP contribution is -2.42. The fraction of sp³-hybridized carbons (Fsp3) is 0.278. The van der Waals surface area contributed by atoms with Gasteiger partial charge in [-0.2, -0.15) is 5.26 Å². The number of nitriles is 1. The summed E-state index contributed by atoms with van der Waals surface area (Å²) in [5.41, 5.74) is -0.706. The number of ketones is 1. The predicted octanol–water partition coefficient (Wildman–Crippen LogP) is 2.37. The normalized spacial score (nSPS) is 19.0. The molecule has 0 fully saturated rings. The molecule has 0 saturated heterocycles. The molecular weight excluding hydrogens is 308 g/mol. The fourth-order valence-corrected chi connectivity index (χ4v) is 3.17. The second-order valence-corrected chi connectivity index (χ2v) is 5.54. The van der Waals surface area contributed by atoms with Crippen LogP contribution in [-0.2, 0) is 26.8 Å². The van der Waals surface area contributed by atoms with Gasteiger partial charge in [-0.1, -0.05) is 18.2 Å². The molecule has 24 heavy (non-hydrogen) atoms. The highest BCUT2D eigenvalue weighted by atomic mass is 16.5. The minimum Gasteiger partial charge on any atom is -0.464 e. The van der Waals surface area contributed by atoms with Gasteiger partial charge >= 0.3 is 5.97 Å². The van der Waals surface area contributed by atoms with Gasteiger partial charge in [0.25, 0.3) is 0 Å². The largest absolute Gasteiger partial charge is 0.464 e. The van der Waals surface area contributed by atoms with Gasteiger partial charge < -0.3 is 14.0 Å². The Morgan fingerprint density at radius 2 is 2.08 bits per heavy atom. The maximum Gasteiger partial charge on any atom is 0.336 e. The average Bonchev–Trinajstić information content (AvgIpc) is 2.87. The Bertz CT molecular complexity index is 932. The summed E-state index contributed by atoms with van der Waals surface area (Å²) in [6.07, 6.45) is 1.18. The number of aryl methyl sites for hydroxylation is 1. The molecule has 0 spiro atoms. The van der Waals surface area contributed by atoms with E-state index >= 15 is 0 Å². The van der Waals surface area contributed by atoms with Gasteiger partial charge in [0.15, 0.2) is 5.78 Å². The van der Waals surface area contributed by atoms with Crippen molar-refractivity contribution < 1.29 is 19.1 Å². The summed E-state index contributed by atoms with van der Waals surface area (Å²) in [6, 6.07) is 9.35. The Morgan fingerprint density at radius 3 is 2.71 bits per heavy atom. The van der Waals surface area contributed by atoms with Crippen LogP contribution in [0.1, 0.15) is 19.4 Å². The van der Waals surface area contributed by atoms with E-state index in [2.05, 4.69) is 0 Å². The first-order chi connectivity index (χ1) is 11.5. The van der Waals surface area contributed by atoms with Crippen molar-refractivity contribution in [3.05, 3.63) is 41.7 Å². The Hall–Kier alpha value is -3.07. The van der Waals surface area contributed by atoms with E-state index in [4.69, 9.17) is 9.47 Å². The topological polar surface area (TPSA) is 81.3 Å². The van der Waals surface area contributed by atoms with Gasteiger partial charge in [-0.3, -0.25) is 4.79 Å². The summed E-state index contributed by atoms with van der Waals surface area (Å²) in [6.45, 7) is 3.06. The van der Waals surface area contributed by atoms with Crippen molar-refractivity contribution in [2.24, 2.45) is 7.05 Å². The number of fused-ring (bicyclic) bond motifs is 3. The summed E-state index contributed by atoms with van der Waals surface area (Å²) in [7, 11) is 1.78. The monoisotopic (exact) mass is 324 g/mol. The van der Waals surface area contributed by atoms with Crippen molar-refractivity contribution in [1.82, 2.24) is 4.57 Å². The summed E-state index contributed by atoms with van der Waals surface area (Å²) < 4.78 is 12.5. The third-order valence-corrected chi connectivity index (χ3v) is 4.25. The third-order valence-electron chi connectivity index (χ3n) is 4.25. The van der Waals surface area contributed by atoms with Crippen LogP contribution in [0, 0.1) is 11.3 Å². The molecule has 2 aromatic rings. The van der Waals surface area contributed by atoms with E-state index in [1.54, 1.807) is 24.6 Å². The van der Waals surface area contributed by atoms with Gasteiger partial charge in [-0.05, 0) is 19.9 Å². The quantitative estimate of drug-likeness (QED) is 0.810. The second kappa shape index (κ2) is 5.53. The number of rotatable bonds is 3. The highest BCUT2D eigenvalue weighted by Crippen LogP contribution is 2.47. The van der Waals surface area contributed by atoms with E-state index in [0.29, 0.717) is 16.8 Å². The van der Waals surface area contributed by atoms with Crippen molar-refractivity contribution in [2.75, 3.05) is 6.61 Å². The molecule has 2 heterocycles.